The Bertz CT molecular complexity index is 728. The van der Waals surface area contributed by atoms with Crippen LogP contribution < -0.4 is 0 Å². The van der Waals surface area contributed by atoms with Crippen molar-refractivity contribution in [2.24, 2.45) is 0 Å². The van der Waals surface area contributed by atoms with Gasteiger partial charge in [-0.05, 0) is 51.1 Å². The number of benzene rings is 1. The minimum atomic E-state index is -0.120. The first-order chi connectivity index (χ1) is 12.6. The first-order valence-electron chi connectivity index (χ1n) is 9.82. The molecule has 4 heteroatoms. The van der Waals surface area contributed by atoms with E-state index in [9.17, 15) is 5.11 Å². The Labute approximate surface area is 168 Å². The molecule has 2 heterocycles. The predicted octanol–water partition coefficient (Wildman–Crippen LogP) is 5.47. The van der Waals surface area contributed by atoms with Gasteiger partial charge in [-0.15, -0.1) is 11.3 Å². The molecule has 1 aromatic heterocycles. The highest BCUT2D eigenvalue weighted by Crippen LogP contribution is 2.43. The fourth-order valence-corrected chi connectivity index (χ4v) is 4.68. The van der Waals surface area contributed by atoms with Gasteiger partial charge in [0.25, 0.3) is 0 Å². The summed E-state index contributed by atoms with van der Waals surface area (Å²) in [7, 11) is 0. The van der Waals surface area contributed by atoms with E-state index in [0.717, 1.165) is 37.4 Å². The van der Waals surface area contributed by atoms with E-state index in [1.807, 2.05) is 0 Å². The number of hydrogen-bond donors (Lipinski definition) is 1. The van der Waals surface area contributed by atoms with E-state index >= 15 is 0 Å². The molecule has 1 N–H and O–H groups in total. The molecule has 1 aromatic carbocycles. The monoisotopic (exact) mass is 387 g/mol. The Morgan fingerprint density at radius 3 is 2.00 bits per heavy atom. The predicted molar refractivity (Wildman–Crippen MR) is 114 cm³/mol. The van der Waals surface area contributed by atoms with Crippen molar-refractivity contribution >= 4 is 11.3 Å². The fraction of sp³-hybridized carbons (Fsp3) is 0.565. The lowest BCUT2D eigenvalue weighted by Gasteiger charge is -2.36. The second-order valence-corrected chi connectivity index (χ2v) is 10.5. The quantitative estimate of drug-likeness (QED) is 0.758. The average Bonchev–Trinajstić information content (AvgIpc) is 3.09. The molecule has 0 spiro atoms. The van der Waals surface area contributed by atoms with Crippen LogP contribution in [0.1, 0.15) is 69.2 Å². The van der Waals surface area contributed by atoms with Crippen molar-refractivity contribution in [3.63, 3.8) is 0 Å². The van der Waals surface area contributed by atoms with E-state index in [0.29, 0.717) is 5.75 Å². The maximum absolute atomic E-state index is 11.1. The average molecular weight is 388 g/mol. The normalized spacial score (nSPS) is 17.9. The highest BCUT2D eigenvalue weighted by Gasteiger charge is 2.31. The zero-order valence-corrected chi connectivity index (χ0v) is 18.3. The van der Waals surface area contributed by atoms with Crippen molar-refractivity contribution in [3.05, 3.63) is 51.2 Å². The summed E-state index contributed by atoms with van der Waals surface area (Å²) in [5.74, 6) is 0.450. The van der Waals surface area contributed by atoms with Gasteiger partial charge in [0.1, 0.15) is 5.75 Å². The third-order valence-corrected chi connectivity index (χ3v) is 6.21. The SMILES string of the molecule is CC(C)(C)c1cc([C@@H](c2cccs2)N2CCOCC2)cc(C(C)(C)C)c1O. The van der Waals surface area contributed by atoms with Crippen molar-refractivity contribution < 1.29 is 9.84 Å². The van der Waals surface area contributed by atoms with E-state index in [1.165, 1.54) is 10.4 Å². The van der Waals surface area contributed by atoms with Crippen LogP contribution in [0, 0.1) is 0 Å². The van der Waals surface area contributed by atoms with Gasteiger partial charge in [0.2, 0.25) is 0 Å². The molecule has 1 saturated heterocycles. The Morgan fingerprint density at radius 1 is 1.00 bits per heavy atom. The Hall–Kier alpha value is -1.36. The smallest absolute Gasteiger partial charge is 0.123 e. The molecule has 0 amide bonds. The van der Waals surface area contributed by atoms with Crippen LogP contribution in [0.4, 0.5) is 0 Å². The van der Waals surface area contributed by atoms with Gasteiger partial charge in [-0.25, -0.2) is 0 Å². The van der Waals surface area contributed by atoms with E-state index in [1.54, 1.807) is 11.3 Å². The van der Waals surface area contributed by atoms with Crippen LogP contribution in [0.15, 0.2) is 29.6 Å². The summed E-state index contributed by atoms with van der Waals surface area (Å²) in [5, 5.41) is 13.2. The molecular weight excluding hydrogens is 354 g/mol. The van der Waals surface area contributed by atoms with Crippen molar-refractivity contribution in [2.75, 3.05) is 26.3 Å². The zero-order valence-electron chi connectivity index (χ0n) is 17.5. The van der Waals surface area contributed by atoms with Crippen molar-refractivity contribution in [2.45, 2.75) is 58.4 Å². The number of ether oxygens (including phenoxy) is 1. The number of phenolic OH excluding ortho intramolecular Hbond substituents is 1. The molecule has 1 aliphatic heterocycles. The molecule has 0 saturated carbocycles. The van der Waals surface area contributed by atoms with Crippen LogP contribution in [-0.2, 0) is 15.6 Å². The van der Waals surface area contributed by atoms with Gasteiger partial charge < -0.3 is 9.84 Å². The Kier molecular flexibility index (Phi) is 5.72. The maximum Gasteiger partial charge on any atom is 0.123 e. The minimum absolute atomic E-state index is 0.120. The highest BCUT2D eigenvalue weighted by atomic mass is 32.1. The molecule has 1 aliphatic rings. The van der Waals surface area contributed by atoms with Crippen molar-refractivity contribution in [1.29, 1.82) is 0 Å². The molecule has 1 fully saturated rings. The van der Waals surface area contributed by atoms with Gasteiger partial charge in [0.15, 0.2) is 0 Å². The van der Waals surface area contributed by atoms with Crippen LogP contribution >= 0.6 is 11.3 Å². The van der Waals surface area contributed by atoms with Crippen molar-refractivity contribution in [1.82, 2.24) is 4.90 Å². The molecule has 0 bridgehead atoms. The lowest BCUT2D eigenvalue weighted by Crippen LogP contribution is -2.39. The molecule has 0 unspecified atom stereocenters. The van der Waals surface area contributed by atoms with E-state index in [-0.39, 0.29) is 16.9 Å². The third kappa shape index (κ3) is 4.39. The van der Waals surface area contributed by atoms with Gasteiger partial charge >= 0.3 is 0 Å². The topological polar surface area (TPSA) is 32.7 Å². The van der Waals surface area contributed by atoms with Crippen LogP contribution in [0.25, 0.3) is 0 Å². The third-order valence-electron chi connectivity index (χ3n) is 5.29. The van der Waals surface area contributed by atoms with E-state index in [4.69, 9.17) is 4.74 Å². The number of nitrogens with zero attached hydrogens (tertiary/aromatic N) is 1. The first-order valence-corrected chi connectivity index (χ1v) is 10.7. The van der Waals surface area contributed by atoms with Gasteiger partial charge in [-0.2, -0.15) is 0 Å². The van der Waals surface area contributed by atoms with Crippen LogP contribution in [0.3, 0.4) is 0 Å². The van der Waals surface area contributed by atoms with E-state index < -0.39 is 0 Å². The van der Waals surface area contributed by atoms with Gasteiger partial charge in [-0.3, -0.25) is 4.90 Å². The summed E-state index contributed by atoms with van der Waals surface area (Å²) in [6.45, 7) is 16.5. The number of aromatic hydroxyl groups is 1. The Balaban J connectivity index is 2.19. The summed E-state index contributed by atoms with van der Waals surface area (Å²) in [6.07, 6.45) is 0. The lowest BCUT2D eigenvalue weighted by molar-refractivity contribution is 0.0245. The molecule has 27 heavy (non-hydrogen) atoms. The Morgan fingerprint density at radius 2 is 1.56 bits per heavy atom. The molecule has 3 nitrogen and oxygen atoms in total. The fourth-order valence-electron chi connectivity index (χ4n) is 3.80. The number of hydrogen-bond acceptors (Lipinski definition) is 4. The summed E-state index contributed by atoms with van der Waals surface area (Å²) >= 11 is 1.81. The van der Waals surface area contributed by atoms with E-state index in [2.05, 4.69) is 76.1 Å². The maximum atomic E-state index is 11.1. The van der Waals surface area contributed by atoms with Gasteiger partial charge in [-0.1, -0.05) is 47.6 Å². The number of phenols is 1. The van der Waals surface area contributed by atoms with Crippen LogP contribution in [0.5, 0.6) is 5.75 Å². The van der Waals surface area contributed by atoms with Crippen molar-refractivity contribution in [3.8, 4) is 5.75 Å². The number of rotatable bonds is 3. The van der Waals surface area contributed by atoms with Gasteiger partial charge in [0.05, 0.1) is 19.3 Å². The molecule has 0 aliphatic carbocycles. The standard InChI is InChI=1S/C23H33NO2S/c1-22(2,3)17-14-16(15-18(21(17)25)23(4,5)6)20(19-8-7-13-27-19)24-9-11-26-12-10-24/h7-8,13-15,20,25H,9-12H2,1-6H3/t20-/m0/s1. The largest absolute Gasteiger partial charge is 0.507 e. The highest BCUT2D eigenvalue weighted by molar-refractivity contribution is 7.10. The second-order valence-electron chi connectivity index (χ2n) is 9.53. The summed E-state index contributed by atoms with van der Waals surface area (Å²) < 4.78 is 5.60. The molecule has 0 radical (unpaired) electrons. The molecule has 2 aromatic rings. The molecule has 3 rings (SSSR count). The summed E-state index contributed by atoms with van der Waals surface area (Å²) in [5.41, 5.74) is 3.09. The number of morpholine rings is 1. The minimum Gasteiger partial charge on any atom is -0.507 e. The van der Waals surface area contributed by atoms with Crippen LogP contribution in [0.2, 0.25) is 0 Å². The molecule has 1 atom stereocenters. The van der Waals surface area contributed by atoms with Gasteiger partial charge in [0, 0.05) is 18.0 Å². The summed E-state index contributed by atoms with van der Waals surface area (Å²) in [4.78, 5) is 3.86. The molecule has 148 valence electrons. The number of thiophene rings is 1. The first kappa shape index (κ1) is 20.4. The second kappa shape index (κ2) is 7.57. The lowest BCUT2D eigenvalue weighted by atomic mass is 9.77. The summed E-state index contributed by atoms with van der Waals surface area (Å²) in [6, 6.07) is 9.01. The van der Waals surface area contributed by atoms with Crippen LogP contribution in [-0.4, -0.2) is 36.3 Å². The molecular formula is C23H33NO2S. The zero-order chi connectivity index (χ0) is 19.8.